The second kappa shape index (κ2) is 6.19. The second-order valence-electron chi connectivity index (χ2n) is 3.58. The minimum Gasteiger partial charge on any atom is -0.396 e. The van der Waals surface area contributed by atoms with Crippen molar-refractivity contribution in [1.29, 1.82) is 0 Å². The molecule has 0 aliphatic heterocycles. The summed E-state index contributed by atoms with van der Waals surface area (Å²) in [6, 6.07) is 0. The van der Waals surface area contributed by atoms with Crippen molar-refractivity contribution in [2.45, 2.75) is 27.3 Å². The normalized spacial score (nSPS) is 11.9. The van der Waals surface area contributed by atoms with E-state index in [1.807, 2.05) is 6.92 Å². The van der Waals surface area contributed by atoms with Crippen molar-refractivity contribution in [3.63, 3.8) is 0 Å². The van der Waals surface area contributed by atoms with Crippen molar-refractivity contribution in [3.05, 3.63) is 11.9 Å². The molecule has 0 unspecified atom stereocenters. The Morgan fingerprint density at radius 2 is 2.00 bits per heavy atom. The quantitative estimate of drug-likeness (QED) is 0.760. The summed E-state index contributed by atoms with van der Waals surface area (Å²) >= 11 is 0. The molecule has 0 radical (unpaired) electrons. The SMILES string of the molecule is CCOP(=O)(CCn1ncc(N)c1C)OCC. The monoisotopic (exact) mass is 261 g/mol. The van der Waals surface area contributed by atoms with Gasteiger partial charge in [-0.15, -0.1) is 0 Å². The topological polar surface area (TPSA) is 79.4 Å². The average molecular weight is 261 g/mol. The Balaban J connectivity index is 2.64. The van der Waals surface area contributed by atoms with Crippen LogP contribution in [0.1, 0.15) is 19.5 Å². The zero-order valence-electron chi connectivity index (χ0n) is 10.5. The highest BCUT2D eigenvalue weighted by Gasteiger charge is 2.23. The molecule has 0 fully saturated rings. The first-order valence-electron chi connectivity index (χ1n) is 5.68. The molecule has 0 saturated carbocycles. The molecule has 0 amide bonds. The summed E-state index contributed by atoms with van der Waals surface area (Å²) < 4.78 is 24.3. The van der Waals surface area contributed by atoms with Gasteiger partial charge in [-0.05, 0) is 20.8 Å². The summed E-state index contributed by atoms with van der Waals surface area (Å²) in [5, 5.41) is 4.10. The van der Waals surface area contributed by atoms with Gasteiger partial charge in [0.25, 0.3) is 0 Å². The summed E-state index contributed by atoms with van der Waals surface area (Å²) in [5.74, 6) is 0. The van der Waals surface area contributed by atoms with Crippen LogP contribution in [0.2, 0.25) is 0 Å². The van der Waals surface area contributed by atoms with Gasteiger partial charge in [0.05, 0.1) is 43.5 Å². The molecule has 1 rings (SSSR count). The van der Waals surface area contributed by atoms with Crippen LogP contribution in [0.25, 0.3) is 0 Å². The predicted molar refractivity (Wildman–Crippen MR) is 67.1 cm³/mol. The summed E-state index contributed by atoms with van der Waals surface area (Å²) in [7, 11) is -3.00. The Morgan fingerprint density at radius 3 is 2.41 bits per heavy atom. The third kappa shape index (κ3) is 3.84. The number of nitrogen functional groups attached to an aromatic ring is 1. The van der Waals surface area contributed by atoms with E-state index in [4.69, 9.17) is 14.8 Å². The lowest BCUT2D eigenvalue weighted by Crippen LogP contribution is -2.10. The maximum Gasteiger partial charge on any atom is 0.332 e. The zero-order valence-corrected chi connectivity index (χ0v) is 11.4. The van der Waals surface area contributed by atoms with Crippen molar-refractivity contribution in [2.75, 3.05) is 25.1 Å². The summed E-state index contributed by atoms with van der Waals surface area (Å²) in [6.45, 7) is 6.68. The maximum atomic E-state index is 12.2. The third-order valence-electron chi connectivity index (χ3n) is 2.38. The van der Waals surface area contributed by atoms with Crippen LogP contribution in [-0.2, 0) is 20.2 Å². The molecule has 0 bridgehead atoms. The fourth-order valence-electron chi connectivity index (χ4n) is 1.46. The van der Waals surface area contributed by atoms with E-state index in [0.717, 1.165) is 5.69 Å². The Kier molecular flexibility index (Phi) is 5.18. The number of aromatic nitrogens is 2. The molecule has 6 nitrogen and oxygen atoms in total. The first-order chi connectivity index (χ1) is 8.02. The van der Waals surface area contributed by atoms with Gasteiger partial charge >= 0.3 is 7.60 Å². The molecule has 0 aliphatic carbocycles. The Labute approximate surface area is 102 Å². The predicted octanol–water partition coefficient (Wildman–Crippen LogP) is 2.04. The number of rotatable bonds is 7. The van der Waals surface area contributed by atoms with E-state index in [1.54, 1.807) is 24.7 Å². The van der Waals surface area contributed by atoms with E-state index in [2.05, 4.69) is 5.10 Å². The lowest BCUT2D eigenvalue weighted by molar-refractivity contribution is 0.218. The second-order valence-corrected chi connectivity index (χ2v) is 5.76. The highest BCUT2D eigenvalue weighted by Crippen LogP contribution is 2.47. The molecule has 7 heteroatoms. The molecule has 1 heterocycles. The molecule has 0 saturated heterocycles. The Hall–Kier alpha value is -0.840. The summed E-state index contributed by atoms with van der Waals surface area (Å²) in [5.41, 5.74) is 7.18. The van der Waals surface area contributed by atoms with Crippen LogP contribution in [0.3, 0.4) is 0 Å². The van der Waals surface area contributed by atoms with E-state index >= 15 is 0 Å². The van der Waals surface area contributed by atoms with Gasteiger partial charge in [0.2, 0.25) is 0 Å². The van der Waals surface area contributed by atoms with E-state index in [0.29, 0.717) is 31.6 Å². The van der Waals surface area contributed by atoms with Gasteiger partial charge in [-0.3, -0.25) is 9.25 Å². The standard InChI is InChI=1S/C10H20N3O3P/c1-4-15-17(14,16-5-2)7-6-13-9(3)10(11)8-12-13/h8H,4-7,11H2,1-3H3. The molecule has 1 aromatic rings. The fourth-order valence-corrected chi connectivity index (χ4v) is 3.02. The highest BCUT2D eigenvalue weighted by molar-refractivity contribution is 7.53. The fraction of sp³-hybridized carbons (Fsp3) is 0.700. The van der Waals surface area contributed by atoms with Gasteiger partial charge in [-0.25, -0.2) is 0 Å². The van der Waals surface area contributed by atoms with Crippen LogP contribution in [-0.4, -0.2) is 29.2 Å². The highest BCUT2D eigenvalue weighted by atomic mass is 31.2. The van der Waals surface area contributed by atoms with Crippen LogP contribution in [0.5, 0.6) is 0 Å². The van der Waals surface area contributed by atoms with Crippen LogP contribution in [0.4, 0.5) is 5.69 Å². The smallest absolute Gasteiger partial charge is 0.332 e. The Morgan fingerprint density at radius 1 is 1.41 bits per heavy atom. The van der Waals surface area contributed by atoms with Gasteiger partial charge in [-0.2, -0.15) is 5.10 Å². The van der Waals surface area contributed by atoms with Crippen molar-refractivity contribution in [3.8, 4) is 0 Å². The summed E-state index contributed by atoms with van der Waals surface area (Å²) in [6.07, 6.45) is 1.89. The zero-order chi connectivity index (χ0) is 12.9. The van der Waals surface area contributed by atoms with E-state index in [9.17, 15) is 4.57 Å². The lowest BCUT2D eigenvalue weighted by Gasteiger charge is -2.17. The first kappa shape index (κ1) is 14.2. The third-order valence-corrected chi connectivity index (χ3v) is 4.43. The molecule has 17 heavy (non-hydrogen) atoms. The van der Waals surface area contributed by atoms with Crippen LogP contribution in [0.15, 0.2) is 6.20 Å². The number of aryl methyl sites for hydroxylation is 1. The van der Waals surface area contributed by atoms with Crippen molar-refractivity contribution in [1.82, 2.24) is 9.78 Å². The molecular formula is C10H20N3O3P. The number of hydrogen-bond donors (Lipinski definition) is 1. The van der Waals surface area contributed by atoms with Crippen LogP contribution >= 0.6 is 7.60 Å². The van der Waals surface area contributed by atoms with E-state index < -0.39 is 7.60 Å². The minimum atomic E-state index is -3.00. The van der Waals surface area contributed by atoms with Crippen molar-refractivity contribution < 1.29 is 13.6 Å². The largest absolute Gasteiger partial charge is 0.396 e. The molecular weight excluding hydrogens is 241 g/mol. The average Bonchev–Trinajstić information content (AvgIpc) is 2.58. The maximum absolute atomic E-state index is 12.2. The first-order valence-corrected chi connectivity index (χ1v) is 7.41. The van der Waals surface area contributed by atoms with Crippen LogP contribution in [0, 0.1) is 6.92 Å². The molecule has 0 aliphatic rings. The van der Waals surface area contributed by atoms with E-state index in [1.165, 1.54) is 0 Å². The molecule has 2 N–H and O–H groups in total. The van der Waals surface area contributed by atoms with Crippen LogP contribution < -0.4 is 5.73 Å². The number of nitrogens with zero attached hydrogens (tertiary/aromatic N) is 2. The minimum absolute atomic E-state index is 0.302. The van der Waals surface area contributed by atoms with E-state index in [-0.39, 0.29) is 0 Å². The number of anilines is 1. The number of hydrogen-bond acceptors (Lipinski definition) is 5. The molecule has 1 aromatic heterocycles. The van der Waals surface area contributed by atoms with Gasteiger partial charge in [0.15, 0.2) is 0 Å². The molecule has 0 atom stereocenters. The molecule has 0 spiro atoms. The summed E-state index contributed by atoms with van der Waals surface area (Å²) in [4.78, 5) is 0. The number of nitrogens with two attached hydrogens (primary N) is 1. The molecule has 98 valence electrons. The van der Waals surface area contributed by atoms with Gasteiger partial charge in [0, 0.05) is 0 Å². The Bertz CT molecular complexity index is 396. The van der Waals surface area contributed by atoms with Gasteiger partial charge in [0.1, 0.15) is 0 Å². The van der Waals surface area contributed by atoms with Gasteiger partial charge in [-0.1, -0.05) is 0 Å². The lowest BCUT2D eigenvalue weighted by atomic mass is 10.4. The molecule has 0 aromatic carbocycles. The van der Waals surface area contributed by atoms with Gasteiger partial charge < -0.3 is 14.8 Å². The van der Waals surface area contributed by atoms with Crippen molar-refractivity contribution >= 4 is 13.3 Å². The van der Waals surface area contributed by atoms with Crippen molar-refractivity contribution in [2.24, 2.45) is 0 Å².